The van der Waals surface area contributed by atoms with E-state index in [9.17, 15) is 0 Å². The van der Waals surface area contributed by atoms with E-state index in [0.717, 1.165) is 13.1 Å². The molecule has 2 rings (SSSR count). The molecular formula is C17H28N2. The van der Waals surface area contributed by atoms with Crippen molar-refractivity contribution in [2.24, 2.45) is 5.41 Å². The lowest BCUT2D eigenvalue weighted by Crippen LogP contribution is -2.40. The number of rotatable bonds is 4. The molecule has 1 aliphatic rings. The van der Waals surface area contributed by atoms with E-state index in [4.69, 9.17) is 0 Å². The van der Waals surface area contributed by atoms with Gasteiger partial charge in [-0.2, -0.15) is 0 Å². The first kappa shape index (κ1) is 14.4. The van der Waals surface area contributed by atoms with Crippen LogP contribution < -0.4 is 10.2 Å². The Kier molecular flexibility index (Phi) is 4.51. The predicted molar refractivity (Wildman–Crippen MR) is 83.8 cm³/mol. The second kappa shape index (κ2) is 5.96. The molecule has 1 fully saturated rings. The molecule has 2 heteroatoms. The van der Waals surface area contributed by atoms with Gasteiger partial charge in [0, 0.05) is 25.3 Å². The molecule has 0 aromatic heterocycles. The van der Waals surface area contributed by atoms with Gasteiger partial charge in [-0.05, 0) is 55.0 Å². The third-order valence-corrected chi connectivity index (χ3v) is 4.16. The highest BCUT2D eigenvalue weighted by Crippen LogP contribution is 2.32. The van der Waals surface area contributed by atoms with Crippen molar-refractivity contribution < 1.29 is 0 Å². The van der Waals surface area contributed by atoms with Gasteiger partial charge in [-0.25, -0.2) is 0 Å². The summed E-state index contributed by atoms with van der Waals surface area (Å²) in [7, 11) is 0. The molecule has 0 spiro atoms. The van der Waals surface area contributed by atoms with E-state index in [1.807, 2.05) is 0 Å². The molecule has 1 saturated heterocycles. The number of anilines is 1. The normalized spacial score (nSPS) is 18.6. The molecule has 2 nitrogen and oxygen atoms in total. The zero-order valence-electron chi connectivity index (χ0n) is 12.9. The molecule has 0 radical (unpaired) electrons. The van der Waals surface area contributed by atoms with Crippen LogP contribution in [-0.4, -0.2) is 19.6 Å². The smallest absolute Gasteiger partial charge is 0.0369 e. The number of nitrogens with zero attached hydrogens (tertiary/aromatic N) is 1. The Morgan fingerprint density at radius 3 is 2.74 bits per heavy atom. The third kappa shape index (κ3) is 3.73. The monoisotopic (exact) mass is 260 g/mol. The highest BCUT2D eigenvalue weighted by Gasteiger charge is 2.26. The SMILES string of the molecule is CCNCc1ccc(N2CCCC(C)(C)C2)cc1C. The first-order valence-electron chi connectivity index (χ1n) is 7.57. The molecule has 0 bridgehead atoms. The highest BCUT2D eigenvalue weighted by molar-refractivity contribution is 5.51. The Morgan fingerprint density at radius 2 is 2.11 bits per heavy atom. The second-order valence-corrected chi connectivity index (χ2v) is 6.58. The minimum atomic E-state index is 0.453. The molecule has 0 saturated carbocycles. The molecule has 1 aromatic carbocycles. The zero-order chi connectivity index (χ0) is 13.9. The fourth-order valence-electron chi connectivity index (χ4n) is 2.98. The summed E-state index contributed by atoms with van der Waals surface area (Å²) in [4.78, 5) is 2.55. The van der Waals surface area contributed by atoms with Crippen LogP contribution in [0, 0.1) is 12.3 Å². The molecule has 1 aromatic rings. The van der Waals surface area contributed by atoms with Crippen molar-refractivity contribution in [2.75, 3.05) is 24.5 Å². The van der Waals surface area contributed by atoms with Gasteiger partial charge in [-0.15, -0.1) is 0 Å². The molecule has 1 aliphatic heterocycles. The van der Waals surface area contributed by atoms with Gasteiger partial charge in [-0.3, -0.25) is 0 Å². The van der Waals surface area contributed by atoms with E-state index in [1.54, 1.807) is 0 Å². The van der Waals surface area contributed by atoms with Gasteiger partial charge in [0.15, 0.2) is 0 Å². The van der Waals surface area contributed by atoms with E-state index in [0.29, 0.717) is 5.41 Å². The quantitative estimate of drug-likeness (QED) is 0.887. The minimum Gasteiger partial charge on any atom is -0.371 e. The Hall–Kier alpha value is -1.02. The van der Waals surface area contributed by atoms with Crippen molar-refractivity contribution in [3.8, 4) is 0 Å². The number of hydrogen-bond donors (Lipinski definition) is 1. The van der Waals surface area contributed by atoms with Crippen LogP contribution in [-0.2, 0) is 6.54 Å². The average Bonchev–Trinajstić information content (AvgIpc) is 2.36. The molecule has 0 amide bonds. The van der Waals surface area contributed by atoms with Gasteiger partial charge in [-0.1, -0.05) is 26.8 Å². The van der Waals surface area contributed by atoms with E-state index in [1.165, 1.54) is 42.7 Å². The number of hydrogen-bond acceptors (Lipinski definition) is 2. The molecule has 1 N–H and O–H groups in total. The summed E-state index contributed by atoms with van der Waals surface area (Å²) in [5.74, 6) is 0. The maximum atomic E-state index is 3.40. The lowest BCUT2D eigenvalue weighted by atomic mass is 9.84. The third-order valence-electron chi connectivity index (χ3n) is 4.16. The Morgan fingerprint density at radius 1 is 1.32 bits per heavy atom. The van der Waals surface area contributed by atoms with E-state index >= 15 is 0 Å². The van der Waals surface area contributed by atoms with Gasteiger partial charge in [0.1, 0.15) is 0 Å². The van der Waals surface area contributed by atoms with Crippen molar-refractivity contribution in [1.82, 2.24) is 5.32 Å². The maximum Gasteiger partial charge on any atom is 0.0369 e. The van der Waals surface area contributed by atoms with E-state index < -0.39 is 0 Å². The van der Waals surface area contributed by atoms with Gasteiger partial charge in [0.05, 0.1) is 0 Å². The summed E-state index contributed by atoms with van der Waals surface area (Å²) in [6, 6.07) is 6.93. The Labute approximate surface area is 118 Å². The van der Waals surface area contributed by atoms with Gasteiger partial charge in [0.2, 0.25) is 0 Å². The largest absolute Gasteiger partial charge is 0.371 e. The van der Waals surface area contributed by atoms with Crippen molar-refractivity contribution in [2.45, 2.75) is 47.1 Å². The molecule has 0 atom stereocenters. The topological polar surface area (TPSA) is 15.3 Å². The van der Waals surface area contributed by atoms with Crippen LogP contribution in [0.1, 0.15) is 44.7 Å². The fourth-order valence-corrected chi connectivity index (χ4v) is 2.98. The van der Waals surface area contributed by atoms with Crippen molar-refractivity contribution >= 4 is 5.69 Å². The van der Waals surface area contributed by atoms with Crippen LogP contribution in [0.5, 0.6) is 0 Å². The second-order valence-electron chi connectivity index (χ2n) is 6.58. The average molecular weight is 260 g/mol. The fraction of sp³-hybridized carbons (Fsp3) is 0.647. The number of aryl methyl sites for hydroxylation is 1. The molecule has 0 unspecified atom stereocenters. The first-order valence-corrected chi connectivity index (χ1v) is 7.57. The maximum absolute atomic E-state index is 3.40. The lowest BCUT2D eigenvalue weighted by molar-refractivity contribution is 0.293. The van der Waals surface area contributed by atoms with Crippen LogP contribution in [0.4, 0.5) is 5.69 Å². The summed E-state index contributed by atoms with van der Waals surface area (Å²) < 4.78 is 0. The number of piperidine rings is 1. The van der Waals surface area contributed by atoms with Crippen molar-refractivity contribution in [1.29, 1.82) is 0 Å². The Balaban J connectivity index is 2.10. The van der Waals surface area contributed by atoms with Gasteiger partial charge in [0.25, 0.3) is 0 Å². The minimum absolute atomic E-state index is 0.453. The summed E-state index contributed by atoms with van der Waals surface area (Å²) in [6.07, 6.45) is 2.66. The summed E-state index contributed by atoms with van der Waals surface area (Å²) in [6.45, 7) is 13.5. The standard InChI is InChI=1S/C17H28N2/c1-5-18-12-15-7-8-16(11-14(15)2)19-10-6-9-17(3,4)13-19/h7-8,11,18H,5-6,9-10,12-13H2,1-4H3. The number of benzene rings is 1. The summed E-state index contributed by atoms with van der Waals surface area (Å²) in [5, 5.41) is 3.40. The lowest BCUT2D eigenvalue weighted by Gasteiger charge is -2.39. The predicted octanol–water partition coefficient (Wildman–Crippen LogP) is 3.73. The first-order chi connectivity index (χ1) is 9.02. The van der Waals surface area contributed by atoms with Crippen LogP contribution in [0.3, 0.4) is 0 Å². The van der Waals surface area contributed by atoms with Crippen LogP contribution in [0.2, 0.25) is 0 Å². The number of nitrogens with one attached hydrogen (secondary N) is 1. The molecule has 1 heterocycles. The molecule has 106 valence electrons. The highest BCUT2D eigenvalue weighted by atomic mass is 15.1. The molecule has 19 heavy (non-hydrogen) atoms. The van der Waals surface area contributed by atoms with Crippen molar-refractivity contribution in [3.63, 3.8) is 0 Å². The van der Waals surface area contributed by atoms with Crippen molar-refractivity contribution in [3.05, 3.63) is 29.3 Å². The molecular weight excluding hydrogens is 232 g/mol. The van der Waals surface area contributed by atoms with E-state index in [-0.39, 0.29) is 0 Å². The van der Waals surface area contributed by atoms with Crippen LogP contribution >= 0.6 is 0 Å². The summed E-state index contributed by atoms with van der Waals surface area (Å²) in [5.41, 5.74) is 4.67. The van der Waals surface area contributed by atoms with Crippen LogP contribution in [0.15, 0.2) is 18.2 Å². The van der Waals surface area contributed by atoms with Gasteiger partial charge < -0.3 is 10.2 Å². The van der Waals surface area contributed by atoms with Gasteiger partial charge >= 0.3 is 0 Å². The van der Waals surface area contributed by atoms with E-state index in [2.05, 4.69) is 56.1 Å². The summed E-state index contributed by atoms with van der Waals surface area (Å²) >= 11 is 0. The Bertz CT molecular complexity index is 423. The zero-order valence-corrected chi connectivity index (χ0v) is 12.9. The van der Waals surface area contributed by atoms with Crippen LogP contribution in [0.25, 0.3) is 0 Å². The molecule has 0 aliphatic carbocycles.